The van der Waals surface area contributed by atoms with Crippen LogP contribution in [0.3, 0.4) is 0 Å². The zero-order valence-corrected chi connectivity index (χ0v) is 18.9. The molecule has 0 unspecified atom stereocenters. The number of anilines is 3. The first-order chi connectivity index (χ1) is 16.2. The monoisotopic (exact) mass is 490 g/mol. The first-order valence-electron chi connectivity index (χ1n) is 10.4. The van der Waals surface area contributed by atoms with Crippen molar-refractivity contribution in [2.24, 2.45) is 0 Å². The number of ether oxygens (including phenoxy) is 1. The molecule has 1 aliphatic heterocycles. The van der Waals surface area contributed by atoms with E-state index in [0.29, 0.717) is 48.3 Å². The average molecular weight is 491 g/mol. The Balaban J connectivity index is 1.31. The second kappa shape index (κ2) is 9.72. The second-order valence-corrected chi connectivity index (χ2v) is 8.48. The summed E-state index contributed by atoms with van der Waals surface area (Å²) in [6.07, 6.45) is -4.74. The van der Waals surface area contributed by atoms with E-state index in [1.807, 2.05) is 12.1 Å². The molecule has 3 aromatic rings. The fourth-order valence-corrected chi connectivity index (χ4v) is 4.23. The van der Waals surface area contributed by atoms with Gasteiger partial charge in [0.2, 0.25) is 0 Å². The summed E-state index contributed by atoms with van der Waals surface area (Å²) in [7, 11) is 0. The Bertz CT molecular complexity index is 1160. The van der Waals surface area contributed by atoms with Gasteiger partial charge in [0.05, 0.1) is 0 Å². The fraction of sp³-hybridized carbons (Fsp3) is 0.261. The summed E-state index contributed by atoms with van der Waals surface area (Å²) in [5.74, 6) is -0.474. The molecule has 1 N–H and O–H groups in total. The highest BCUT2D eigenvalue weighted by Gasteiger charge is 2.31. The number of alkyl halides is 3. The Kier molecular flexibility index (Phi) is 6.73. The van der Waals surface area contributed by atoms with E-state index in [9.17, 15) is 22.8 Å². The van der Waals surface area contributed by atoms with E-state index in [0.717, 1.165) is 5.69 Å². The van der Waals surface area contributed by atoms with Crippen LogP contribution in [0.15, 0.2) is 53.9 Å². The van der Waals surface area contributed by atoms with Crippen LogP contribution in [-0.4, -0.2) is 54.1 Å². The standard InChI is InChI=1S/C23H21F3N4O3S/c1-15(31)16-2-6-18(7-3-16)29-10-12-30(13-11-29)21(32)20-14-34-22(28-20)27-17-4-8-19(9-5-17)33-23(24,25)26/h2-9,14H,10-13H2,1H3,(H,27,28). The number of nitrogens with one attached hydrogen (secondary N) is 1. The number of carbonyl (C=O) groups excluding carboxylic acids is 2. The fourth-order valence-electron chi connectivity index (χ4n) is 3.53. The van der Waals surface area contributed by atoms with E-state index in [4.69, 9.17) is 0 Å². The lowest BCUT2D eigenvalue weighted by Gasteiger charge is -2.35. The quantitative estimate of drug-likeness (QED) is 0.493. The number of nitrogens with zero attached hydrogens (tertiary/aromatic N) is 3. The Labute approximate surface area is 197 Å². The van der Waals surface area contributed by atoms with Crippen LogP contribution in [0, 0.1) is 0 Å². The van der Waals surface area contributed by atoms with Crippen LogP contribution in [0.2, 0.25) is 0 Å². The van der Waals surface area contributed by atoms with Crippen molar-refractivity contribution in [1.29, 1.82) is 0 Å². The van der Waals surface area contributed by atoms with Crippen molar-refractivity contribution >= 4 is 39.5 Å². The molecule has 1 saturated heterocycles. The summed E-state index contributed by atoms with van der Waals surface area (Å²) >= 11 is 1.23. The van der Waals surface area contributed by atoms with E-state index < -0.39 is 6.36 Å². The van der Waals surface area contributed by atoms with Gasteiger partial charge in [-0.05, 0) is 55.5 Å². The van der Waals surface area contributed by atoms with Gasteiger partial charge >= 0.3 is 6.36 Å². The largest absolute Gasteiger partial charge is 0.573 e. The van der Waals surface area contributed by atoms with E-state index in [1.54, 1.807) is 22.4 Å². The second-order valence-electron chi connectivity index (χ2n) is 7.62. The van der Waals surface area contributed by atoms with Gasteiger partial charge in [-0.25, -0.2) is 4.98 Å². The van der Waals surface area contributed by atoms with Gasteiger partial charge in [0.25, 0.3) is 5.91 Å². The minimum absolute atomic E-state index is 0.0200. The summed E-state index contributed by atoms with van der Waals surface area (Å²) in [6, 6.07) is 12.7. The summed E-state index contributed by atoms with van der Waals surface area (Å²) < 4.78 is 40.7. The third-order valence-electron chi connectivity index (χ3n) is 5.27. The zero-order valence-electron chi connectivity index (χ0n) is 18.1. The van der Waals surface area contributed by atoms with Gasteiger partial charge in [-0.3, -0.25) is 9.59 Å². The number of carbonyl (C=O) groups is 2. The van der Waals surface area contributed by atoms with Crippen molar-refractivity contribution in [2.45, 2.75) is 13.3 Å². The molecule has 11 heteroatoms. The number of aromatic nitrogens is 1. The van der Waals surface area contributed by atoms with Gasteiger partial charge in [-0.15, -0.1) is 24.5 Å². The summed E-state index contributed by atoms with van der Waals surface area (Å²) in [5.41, 5.74) is 2.50. The predicted octanol–water partition coefficient (Wildman–Crippen LogP) is 4.95. The lowest BCUT2D eigenvalue weighted by atomic mass is 10.1. The molecule has 0 saturated carbocycles. The van der Waals surface area contributed by atoms with Crippen LogP contribution in [0.4, 0.5) is 29.7 Å². The number of hydrogen-bond acceptors (Lipinski definition) is 7. The van der Waals surface area contributed by atoms with Gasteiger partial charge in [0, 0.05) is 48.5 Å². The van der Waals surface area contributed by atoms with Crippen LogP contribution in [0.1, 0.15) is 27.8 Å². The molecular formula is C23H21F3N4O3S. The average Bonchev–Trinajstić information content (AvgIpc) is 3.27. The molecule has 1 fully saturated rings. The van der Waals surface area contributed by atoms with E-state index in [-0.39, 0.29) is 17.4 Å². The van der Waals surface area contributed by atoms with E-state index in [2.05, 4.69) is 19.9 Å². The SMILES string of the molecule is CC(=O)c1ccc(N2CCN(C(=O)c3csc(Nc4ccc(OC(F)(F)F)cc4)n3)CC2)cc1. The summed E-state index contributed by atoms with van der Waals surface area (Å²) in [5, 5.41) is 5.09. The number of ketones is 1. The highest BCUT2D eigenvalue weighted by atomic mass is 32.1. The van der Waals surface area contributed by atoms with Crippen LogP contribution < -0.4 is 15.0 Å². The molecule has 34 heavy (non-hydrogen) atoms. The van der Waals surface area contributed by atoms with E-state index >= 15 is 0 Å². The molecule has 2 aromatic carbocycles. The molecule has 0 bridgehead atoms. The Morgan fingerprint density at radius 3 is 2.24 bits per heavy atom. The van der Waals surface area contributed by atoms with Crippen LogP contribution in [0.5, 0.6) is 5.75 Å². The number of rotatable bonds is 6. The molecule has 0 spiro atoms. The van der Waals surface area contributed by atoms with Crippen LogP contribution in [-0.2, 0) is 0 Å². The van der Waals surface area contributed by atoms with Crippen molar-refractivity contribution in [3.8, 4) is 5.75 Å². The number of halogens is 3. The minimum Gasteiger partial charge on any atom is -0.406 e. The maximum atomic E-state index is 12.9. The van der Waals surface area contributed by atoms with Gasteiger partial charge < -0.3 is 19.9 Å². The van der Waals surface area contributed by atoms with Gasteiger partial charge in [-0.2, -0.15) is 0 Å². The molecule has 1 aromatic heterocycles. The van der Waals surface area contributed by atoms with Crippen molar-refractivity contribution < 1.29 is 27.5 Å². The van der Waals surface area contributed by atoms with Crippen LogP contribution >= 0.6 is 11.3 Å². The van der Waals surface area contributed by atoms with Gasteiger partial charge in [-0.1, -0.05) is 0 Å². The molecule has 0 radical (unpaired) electrons. The zero-order chi connectivity index (χ0) is 24.3. The van der Waals surface area contributed by atoms with Crippen molar-refractivity contribution in [2.75, 3.05) is 36.4 Å². The molecule has 0 aliphatic carbocycles. The molecule has 0 atom stereocenters. The smallest absolute Gasteiger partial charge is 0.406 e. The van der Waals surface area contributed by atoms with Crippen molar-refractivity contribution in [3.63, 3.8) is 0 Å². The minimum atomic E-state index is -4.74. The third-order valence-corrected chi connectivity index (χ3v) is 6.03. The Morgan fingerprint density at radius 1 is 1.00 bits per heavy atom. The maximum absolute atomic E-state index is 12.9. The molecule has 178 valence electrons. The van der Waals surface area contributed by atoms with Gasteiger partial charge in [0.15, 0.2) is 10.9 Å². The Morgan fingerprint density at radius 2 is 1.65 bits per heavy atom. The number of Topliss-reactive ketones (excluding diaryl/α,β-unsaturated/α-hetero) is 1. The first-order valence-corrected chi connectivity index (χ1v) is 11.3. The lowest BCUT2D eigenvalue weighted by Crippen LogP contribution is -2.48. The van der Waals surface area contributed by atoms with Crippen molar-refractivity contribution in [3.05, 3.63) is 65.2 Å². The van der Waals surface area contributed by atoms with E-state index in [1.165, 1.54) is 42.5 Å². The normalized spacial score (nSPS) is 14.1. The number of benzene rings is 2. The van der Waals surface area contributed by atoms with Crippen LogP contribution in [0.25, 0.3) is 0 Å². The summed E-state index contributed by atoms with van der Waals surface area (Å²) in [6.45, 7) is 3.92. The highest BCUT2D eigenvalue weighted by molar-refractivity contribution is 7.14. The van der Waals surface area contributed by atoms with Gasteiger partial charge in [0.1, 0.15) is 11.4 Å². The number of amides is 1. The maximum Gasteiger partial charge on any atom is 0.573 e. The molecule has 1 aliphatic rings. The number of piperazine rings is 1. The summed E-state index contributed by atoms with van der Waals surface area (Å²) in [4.78, 5) is 32.5. The third kappa shape index (κ3) is 5.84. The number of thiazole rings is 1. The number of hydrogen-bond donors (Lipinski definition) is 1. The highest BCUT2D eigenvalue weighted by Crippen LogP contribution is 2.27. The molecular weight excluding hydrogens is 469 g/mol. The topological polar surface area (TPSA) is 74.8 Å². The molecule has 1 amide bonds. The molecule has 4 rings (SSSR count). The molecule has 7 nitrogen and oxygen atoms in total. The first kappa shape index (κ1) is 23.6. The Hall–Kier alpha value is -3.60. The predicted molar refractivity (Wildman–Crippen MR) is 123 cm³/mol. The lowest BCUT2D eigenvalue weighted by molar-refractivity contribution is -0.274. The molecule has 2 heterocycles. The van der Waals surface area contributed by atoms with Crippen molar-refractivity contribution in [1.82, 2.24) is 9.88 Å².